The Bertz CT molecular complexity index is 413. The van der Waals surface area contributed by atoms with Crippen molar-refractivity contribution in [2.75, 3.05) is 0 Å². The number of allylic oxidation sites excluding steroid dienone is 3. The largest absolute Gasteiger partial charge is 0.705 e. The van der Waals surface area contributed by atoms with Crippen LogP contribution in [0.2, 0.25) is 0 Å². The predicted octanol–water partition coefficient (Wildman–Crippen LogP) is 2.69. The van der Waals surface area contributed by atoms with Crippen LogP contribution >= 0.6 is 23.7 Å². The molecule has 0 amide bonds. The molecule has 0 rings (SSSR count). The van der Waals surface area contributed by atoms with E-state index in [1.165, 1.54) is 12.2 Å². The van der Waals surface area contributed by atoms with Gasteiger partial charge < -0.3 is 29.5 Å². The molecule has 3 unspecified atom stereocenters. The molecule has 0 aliphatic carbocycles. The minimum absolute atomic E-state index is 0. The van der Waals surface area contributed by atoms with E-state index in [-0.39, 0.29) is 24.6 Å². The lowest BCUT2D eigenvalue weighted by Gasteiger charge is -2.07. The van der Waals surface area contributed by atoms with Crippen LogP contribution in [0.15, 0.2) is 24.0 Å². The van der Waals surface area contributed by atoms with Gasteiger partial charge in [-0.15, -0.1) is 4.89 Å². The SMILES string of the molecule is CC=C/C=C/P(=O)(O)OP(=O)(O)O[P+](=O)O.N.N.N.N. The van der Waals surface area contributed by atoms with Crippen molar-refractivity contribution in [1.29, 1.82) is 0 Å². The molecule has 15 N–H and O–H groups in total. The first kappa shape index (κ1) is 31.9. The summed E-state index contributed by atoms with van der Waals surface area (Å²) in [4.78, 5) is 25.9. The highest BCUT2D eigenvalue weighted by molar-refractivity contribution is 7.68. The molecular formula is C5H22N4O8P3+. The second-order valence-corrected chi connectivity index (χ2v) is 6.45. The molecule has 0 aliphatic heterocycles. The molecule has 0 spiro atoms. The fraction of sp³-hybridized carbons (Fsp3) is 0.200. The van der Waals surface area contributed by atoms with Crippen molar-refractivity contribution in [3.63, 3.8) is 0 Å². The smallest absolute Gasteiger partial charge is 0.344 e. The summed E-state index contributed by atoms with van der Waals surface area (Å²) in [5.41, 5.74) is 0. The first-order valence-electron chi connectivity index (χ1n) is 3.71. The van der Waals surface area contributed by atoms with Crippen molar-refractivity contribution in [2.45, 2.75) is 6.92 Å². The molecule has 0 bridgehead atoms. The fourth-order valence-electron chi connectivity index (χ4n) is 0.548. The highest BCUT2D eigenvalue weighted by Gasteiger charge is 2.40. The summed E-state index contributed by atoms with van der Waals surface area (Å²) >= 11 is 0. The van der Waals surface area contributed by atoms with Crippen molar-refractivity contribution in [1.82, 2.24) is 24.6 Å². The van der Waals surface area contributed by atoms with Crippen molar-refractivity contribution < 1.29 is 37.0 Å². The molecule has 3 atom stereocenters. The van der Waals surface area contributed by atoms with Gasteiger partial charge in [0.25, 0.3) is 0 Å². The summed E-state index contributed by atoms with van der Waals surface area (Å²) in [6.45, 7) is 1.64. The van der Waals surface area contributed by atoms with Crippen LogP contribution in [-0.4, -0.2) is 14.7 Å². The standard InChI is InChI=1S/C5H9O8P3.4H3N/c1-2-3-4-5-15(8,9)13-16(10,11)12-14(6)7;;;;/h2-5H,1H3,(H2-,6,7,8,9,10,11);4*1H3/p+1/b3-2?,5-4+;;;;. The Labute approximate surface area is 117 Å². The molecule has 20 heavy (non-hydrogen) atoms. The van der Waals surface area contributed by atoms with Crippen LogP contribution in [0, 0.1) is 0 Å². The Morgan fingerprint density at radius 1 is 1.05 bits per heavy atom. The maximum Gasteiger partial charge on any atom is 0.705 e. The van der Waals surface area contributed by atoms with Gasteiger partial charge in [0.2, 0.25) is 0 Å². The summed E-state index contributed by atoms with van der Waals surface area (Å²) in [6.07, 6.45) is 4.03. The molecule has 0 fully saturated rings. The molecule has 15 heteroatoms. The summed E-state index contributed by atoms with van der Waals surface area (Å²) in [7, 11) is -13.0. The zero-order chi connectivity index (χ0) is 12.8. The van der Waals surface area contributed by atoms with Gasteiger partial charge >= 0.3 is 23.7 Å². The van der Waals surface area contributed by atoms with Crippen molar-refractivity contribution in [3.05, 3.63) is 24.0 Å². The zero-order valence-corrected chi connectivity index (χ0v) is 13.5. The average Bonchev–Trinajstić information content (AvgIpc) is 1.98. The lowest BCUT2D eigenvalue weighted by Crippen LogP contribution is -1.87. The van der Waals surface area contributed by atoms with Gasteiger partial charge in [-0.25, -0.2) is 8.88 Å². The minimum Gasteiger partial charge on any atom is -0.344 e. The quantitative estimate of drug-likeness (QED) is 0.266. The van der Waals surface area contributed by atoms with Crippen LogP contribution in [0.3, 0.4) is 0 Å². The van der Waals surface area contributed by atoms with Gasteiger partial charge in [-0.2, -0.15) is 0 Å². The van der Waals surface area contributed by atoms with Gasteiger partial charge in [-0.3, -0.25) is 9.46 Å². The summed E-state index contributed by atoms with van der Waals surface area (Å²) < 4.78 is 39.4. The average molecular weight is 359 g/mol. The van der Waals surface area contributed by atoms with Gasteiger partial charge in [0.1, 0.15) is 0 Å². The van der Waals surface area contributed by atoms with E-state index < -0.39 is 23.7 Å². The predicted molar refractivity (Wildman–Crippen MR) is 75.7 cm³/mol. The van der Waals surface area contributed by atoms with Gasteiger partial charge in [0.05, 0.1) is 0 Å². The van der Waals surface area contributed by atoms with Gasteiger partial charge in [0.15, 0.2) is 0 Å². The molecule has 0 radical (unpaired) electrons. The van der Waals surface area contributed by atoms with Gasteiger partial charge in [-0.1, -0.05) is 18.2 Å². The van der Waals surface area contributed by atoms with E-state index >= 15 is 0 Å². The first-order chi connectivity index (χ1) is 7.18. The normalized spacial score (nSPS) is 16.7. The topological polar surface area (TPSA) is 270 Å². The van der Waals surface area contributed by atoms with Crippen LogP contribution in [0.4, 0.5) is 0 Å². The number of hydrogen-bond acceptors (Lipinski definition) is 9. The van der Waals surface area contributed by atoms with Crippen molar-refractivity contribution >= 4 is 23.7 Å². The maximum atomic E-state index is 11.1. The highest BCUT2D eigenvalue weighted by Crippen LogP contribution is 2.63. The van der Waals surface area contributed by atoms with Crippen molar-refractivity contribution in [3.8, 4) is 0 Å². The van der Waals surface area contributed by atoms with E-state index in [0.29, 0.717) is 5.82 Å². The van der Waals surface area contributed by atoms with Crippen LogP contribution < -0.4 is 24.6 Å². The molecule has 0 aromatic carbocycles. The third-order valence-corrected chi connectivity index (χ3v) is 4.67. The molecule has 0 heterocycles. The Morgan fingerprint density at radius 3 is 1.85 bits per heavy atom. The van der Waals surface area contributed by atoms with Crippen molar-refractivity contribution in [2.24, 2.45) is 0 Å². The molecule has 0 aliphatic rings. The van der Waals surface area contributed by atoms with E-state index in [9.17, 15) is 13.7 Å². The van der Waals surface area contributed by atoms with Gasteiger partial charge in [-0.05, 0) is 11.2 Å². The second-order valence-electron chi connectivity index (χ2n) is 2.30. The Morgan fingerprint density at radius 2 is 1.50 bits per heavy atom. The summed E-state index contributed by atoms with van der Waals surface area (Å²) in [6, 6.07) is 0. The van der Waals surface area contributed by atoms with Crippen LogP contribution in [0.1, 0.15) is 6.92 Å². The highest BCUT2D eigenvalue weighted by atomic mass is 31.3. The van der Waals surface area contributed by atoms with E-state index in [1.807, 2.05) is 0 Å². The molecule has 0 aromatic rings. The van der Waals surface area contributed by atoms with E-state index in [4.69, 9.17) is 14.7 Å². The summed E-state index contributed by atoms with van der Waals surface area (Å²) in [5.74, 6) is 0.629. The van der Waals surface area contributed by atoms with Crippen LogP contribution in [0.5, 0.6) is 0 Å². The monoisotopic (exact) mass is 359 g/mol. The van der Waals surface area contributed by atoms with Crippen LogP contribution in [0.25, 0.3) is 0 Å². The summed E-state index contributed by atoms with van der Waals surface area (Å²) in [5, 5.41) is 0. The van der Waals surface area contributed by atoms with Gasteiger partial charge in [0, 0.05) is 10.4 Å². The third-order valence-electron chi connectivity index (χ3n) is 0.971. The molecule has 0 aromatic heterocycles. The number of phosphoric acid groups is 1. The second kappa shape index (κ2) is 13.7. The van der Waals surface area contributed by atoms with E-state index in [2.05, 4.69) is 8.62 Å². The van der Waals surface area contributed by atoms with E-state index in [0.717, 1.165) is 6.08 Å². The molecule has 12 nitrogen and oxygen atoms in total. The Hall–Kier alpha value is -0.320. The van der Waals surface area contributed by atoms with E-state index in [1.54, 1.807) is 6.92 Å². The molecule has 0 saturated carbocycles. The minimum atomic E-state index is -5.04. The lowest BCUT2D eigenvalue weighted by atomic mass is 10.5. The molecule has 124 valence electrons. The zero-order valence-electron chi connectivity index (χ0n) is 10.9. The first-order valence-corrected chi connectivity index (χ1v) is 7.99. The lowest BCUT2D eigenvalue weighted by molar-refractivity contribution is 0.266. The Balaban J connectivity index is -0.000000187. The molecule has 0 saturated heterocycles. The number of rotatable bonds is 6. The Kier molecular flexibility index (Phi) is 21.8. The number of hydrogen-bond donors (Lipinski definition) is 7. The van der Waals surface area contributed by atoms with Crippen LogP contribution in [-0.2, 0) is 22.3 Å². The fourth-order valence-corrected chi connectivity index (χ4v) is 3.36. The maximum absolute atomic E-state index is 11.1. The molecular weight excluding hydrogens is 337 g/mol. The third kappa shape index (κ3) is 17.7.